The Morgan fingerprint density at radius 2 is 1.40 bits per heavy atom. The lowest BCUT2D eigenvalue weighted by molar-refractivity contribution is -0.313. The van der Waals surface area contributed by atoms with Crippen LogP contribution in [0.2, 0.25) is 0 Å². The highest BCUT2D eigenvalue weighted by atomic mass is 16.7. The van der Waals surface area contributed by atoms with Crippen LogP contribution in [-0.4, -0.2) is 64.7 Å². The number of unbranched alkanes of at least 4 members (excludes halogenated alkanes) is 14. The maximum atomic E-state index is 12.6. The standard InChI is InChI=1S/C53H94O7/c1-8-10-11-12-13-14-15-16-17-18-19-20-21-22-23-24-47(54)58-36-46-48(55)49(56)50(57)51(60-46)59-41-31-33-52(6)40(35-41)27-28-42-44-30-29-43(53(44,7)34-32-45(42)52)38(5)25-26-39(9-2)37(3)4/h27,37-39,41-46,48-51,55-57H,8-26,28-36H2,1-7H3/t38-,39-,41?,42+,43-,44+,45+,46-,48-,49+,50-,51-,52+,53-/m1/s1. The van der Waals surface area contributed by atoms with Crippen molar-refractivity contribution < 1.29 is 34.3 Å². The van der Waals surface area contributed by atoms with Crippen LogP contribution in [0.4, 0.5) is 0 Å². The van der Waals surface area contributed by atoms with Gasteiger partial charge in [0.1, 0.15) is 31.0 Å². The molecule has 0 amide bonds. The van der Waals surface area contributed by atoms with Gasteiger partial charge in [0.15, 0.2) is 6.29 Å². The second kappa shape index (κ2) is 24.3. The minimum Gasteiger partial charge on any atom is -0.463 e. The first-order valence-corrected chi connectivity index (χ1v) is 26.0. The molecule has 7 nitrogen and oxygen atoms in total. The van der Waals surface area contributed by atoms with Crippen molar-refractivity contribution in [1.29, 1.82) is 0 Å². The third-order valence-electron chi connectivity index (χ3n) is 17.7. The Balaban J connectivity index is 1.01. The van der Waals surface area contributed by atoms with Crippen LogP contribution in [-0.2, 0) is 19.0 Å². The Kier molecular flexibility index (Phi) is 20.3. The highest BCUT2D eigenvalue weighted by Gasteiger charge is 2.59. The number of hydrogen-bond donors (Lipinski definition) is 3. The summed E-state index contributed by atoms with van der Waals surface area (Å²) < 4.78 is 18.1. The van der Waals surface area contributed by atoms with E-state index in [4.69, 9.17) is 14.2 Å². The van der Waals surface area contributed by atoms with Crippen molar-refractivity contribution in [2.24, 2.45) is 52.3 Å². The zero-order chi connectivity index (χ0) is 43.3. The first kappa shape index (κ1) is 50.0. The SMILES string of the molecule is CCCCCCCCCCCCCCCCCC(=O)OC[C@H]1O[C@@H](OC2CC[C@@]3(C)C(=CC[C@H]4[C@@H]5CC[C@H]([C@H](C)CC[C@@H](CC)C(C)C)[C@@]5(C)CC[C@@H]43)C2)[C@H](O)[C@@H](O)[C@@H]1O. The van der Waals surface area contributed by atoms with Crippen molar-refractivity contribution in [1.82, 2.24) is 0 Å². The number of aliphatic hydroxyl groups excluding tert-OH is 3. The molecule has 1 unspecified atom stereocenters. The van der Waals surface area contributed by atoms with Crippen LogP contribution in [0.3, 0.4) is 0 Å². The summed E-state index contributed by atoms with van der Waals surface area (Å²) >= 11 is 0. The van der Waals surface area contributed by atoms with Crippen molar-refractivity contribution in [2.45, 2.75) is 259 Å². The summed E-state index contributed by atoms with van der Waals surface area (Å²) in [6, 6.07) is 0. The van der Waals surface area contributed by atoms with E-state index in [2.05, 4.69) is 54.5 Å². The van der Waals surface area contributed by atoms with Crippen LogP contribution in [0.1, 0.15) is 222 Å². The Hall–Kier alpha value is -0.990. The largest absolute Gasteiger partial charge is 0.463 e. The fourth-order valence-corrected chi connectivity index (χ4v) is 13.7. The zero-order valence-corrected chi connectivity index (χ0v) is 39.9. The van der Waals surface area contributed by atoms with Gasteiger partial charge in [-0.05, 0) is 116 Å². The number of ether oxygens (including phenoxy) is 3. The van der Waals surface area contributed by atoms with Crippen LogP contribution in [0.5, 0.6) is 0 Å². The highest BCUT2D eigenvalue weighted by molar-refractivity contribution is 5.69. The quantitative estimate of drug-likeness (QED) is 0.0452. The average Bonchev–Trinajstić information content (AvgIpc) is 3.59. The predicted octanol–water partition coefficient (Wildman–Crippen LogP) is 12.7. The lowest BCUT2D eigenvalue weighted by Gasteiger charge is -2.58. The summed E-state index contributed by atoms with van der Waals surface area (Å²) in [5.74, 6) is 5.24. The maximum absolute atomic E-state index is 12.6. The van der Waals surface area contributed by atoms with Gasteiger partial charge >= 0.3 is 5.97 Å². The summed E-state index contributed by atoms with van der Waals surface area (Å²) in [5, 5.41) is 32.6. The molecule has 7 heteroatoms. The van der Waals surface area contributed by atoms with E-state index in [1.165, 1.54) is 128 Å². The summed E-state index contributed by atoms with van der Waals surface area (Å²) in [6.45, 7) is 17.0. The number of hydrogen-bond acceptors (Lipinski definition) is 7. The van der Waals surface area contributed by atoms with E-state index >= 15 is 0 Å². The molecule has 5 rings (SSSR count). The fourth-order valence-electron chi connectivity index (χ4n) is 13.7. The summed E-state index contributed by atoms with van der Waals surface area (Å²) in [5.41, 5.74) is 2.13. The Morgan fingerprint density at radius 1 is 0.767 bits per heavy atom. The minimum absolute atomic E-state index is 0.139. The lowest BCUT2D eigenvalue weighted by atomic mass is 9.47. The molecule has 3 N–H and O–H groups in total. The summed E-state index contributed by atoms with van der Waals surface area (Å²) in [7, 11) is 0. The van der Waals surface area contributed by atoms with Crippen LogP contribution in [0.15, 0.2) is 11.6 Å². The molecule has 60 heavy (non-hydrogen) atoms. The van der Waals surface area contributed by atoms with Gasteiger partial charge in [0, 0.05) is 6.42 Å². The van der Waals surface area contributed by atoms with Crippen molar-refractivity contribution in [3.8, 4) is 0 Å². The van der Waals surface area contributed by atoms with Gasteiger partial charge in [0.25, 0.3) is 0 Å². The molecule has 0 bridgehead atoms. The first-order chi connectivity index (χ1) is 28.8. The number of fused-ring (bicyclic) bond motifs is 5. The molecule has 5 aliphatic rings. The molecule has 3 saturated carbocycles. The van der Waals surface area contributed by atoms with Crippen LogP contribution in [0.25, 0.3) is 0 Å². The summed E-state index contributed by atoms with van der Waals surface area (Å²) in [6.07, 6.45) is 29.0. The van der Waals surface area contributed by atoms with Crippen LogP contribution >= 0.6 is 0 Å². The molecule has 0 aromatic carbocycles. The first-order valence-electron chi connectivity index (χ1n) is 26.0. The van der Waals surface area contributed by atoms with E-state index in [-0.39, 0.29) is 24.1 Å². The molecule has 1 heterocycles. The molecule has 14 atom stereocenters. The second-order valence-corrected chi connectivity index (χ2v) is 21.9. The van der Waals surface area contributed by atoms with Gasteiger partial charge in [0.05, 0.1) is 6.10 Å². The highest BCUT2D eigenvalue weighted by Crippen LogP contribution is 2.67. The number of esters is 1. The topological polar surface area (TPSA) is 105 Å². The second-order valence-electron chi connectivity index (χ2n) is 21.9. The molecule has 1 aliphatic heterocycles. The Bertz CT molecular complexity index is 1280. The monoisotopic (exact) mass is 843 g/mol. The minimum atomic E-state index is -1.44. The van der Waals surface area contributed by atoms with E-state index < -0.39 is 30.7 Å². The van der Waals surface area contributed by atoms with Crippen LogP contribution < -0.4 is 0 Å². The molecule has 0 radical (unpaired) electrons. The average molecular weight is 843 g/mol. The predicted molar refractivity (Wildman–Crippen MR) is 244 cm³/mol. The smallest absolute Gasteiger partial charge is 0.305 e. The fraction of sp³-hybridized carbons (Fsp3) is 0.943. The third-order valence-corrected chi connectivity index (χ3v) is 17.7. The van der Waals surface area contributed by atoms with Gasteiger partial charge < -0.3 is 29.5 Å². The van der Waals surface area contributed by atoms with E-state index in [1.54, 1.807) is 0 Å². The Labute approximate surface area is 368 Å². The molecule has 4 aliphatic carbocycles. The molecular weight excluding hydrogens is 749 g/mol. The molecule has 4 fully saturated rings. The van der Waals surface area contributed by atoms with Crippen molar-refractivity contribution in [3.05, 3.63) is 11.6 Å². The van der Waals surface area contributed by atoms with Gasteiger partial charge in [-0.1, -0.05) is 163 Å². The van der Waals surface area contributed by atoms with Crippen molar-refractivity contribution in [3.63, 3.8) is 0 Å². The van der Waals surface area contributed by atoms with E-state index in [9.17, 15) is 20.1 Å². The van der Waals surface area contributed by atoms with Gasteiger partial charge in [-0.25, -0.2) is 0 Å². The van der Waals surface area contributed by atoms with Gasteiger partial charge in [-0.3, -0.25) is 4.79 Å². The molecule has 0 spiro atoms. The molecule has 0 aromatic rings. The van der Waals surface area contributed by atoms with Crippen LogP contribution in [0, 0.1) is 52.3 Å². The van der Waals surface area contributed by atoms with E-state index in [1.807, 2.05) is 0 Å². The lowest BCUT2D eigenvalue weighted by Crippen LogP contribution is -2.60. The molecule has 0 aromatic heterocycles. The number of rotatable bonds is 26. The molecular formula is C53H94O7. The van der Waals surface area contributed by atoms with E-state index in [0.29, 0.717) is 17.8 Å². The molecule has 1 saturated heterocycles. The zero-order valence-electron chi connectivity index (χ0n) is 39.9. The van der Waals surface area contributed by atoms with E-state index in [0.717, 1.165) is 80.5 Å². The van der Waals surface area contributed by atoms with Gasteiger partial charge in [-0.15, -0.1) is 0 Å². The number of aliphatic hydroxyl groups is 3. The van der Waals surface area contributed by atoms with Crippen molar-refractivity contribution in [2.75, 3.05) is 6.61 Å². The van der Waals surface area contributed by atoms with Gasteiger partial charge in [-0.2, -0.15) is 0 Å². The van der Waals surface area contributed by atoms with Gasteiger partial charge in [0.2, 0.25) is 0 Å². The number of allylic oxidation sites excluding steroid dienone is 1. The Morgan fingerprint density at radius 3 is 2.02 bits per heavy atom. The number of carbonyl (C=O) groups excluding carboxylic acids is 1. The number of carbonyl (C=O) groups is 1. The summed E-state index contributed by atoms with van der Waals surface area (Å²) in [4.78, 5) is 12.6. The normalized spacial score (nSPS) is 36.3. The van der Waals surface area contributed by atoms with Crippen molar-refractivity contribution >= 4 is 5.97 Å². The molecule has 348 valence electrons. The maximum Gasteiger partial charge on any atom is 0.305 e. The third kappa shape index (κ3) is 12.8.